The first-order valence-electron chi connectivity index (χ1n) is 7.87. The first kappa shape index (κ1) is 15.3. The van der Waals surface area contributed by atoms with Crippen molar-refractivity contribution in [2.45, 2.75) is 46.0 Å². The summed E-state index contributed by atoms with van der Waals surface area (Å²) >= 11 is 0. The molecule has 2 saturated heterocycles. The molecular formula is C16H26N2O2. The normalized spacial score (nSPS) is 26.9. The van der Waals surface area contributed by atoms with Crippen molar-refractivity contribution >= 4 is 5.91 Å². The van der Waals surface area contributed by atoms with E-state index >= 15 is 0 Å². The van der Waals surface area contributed by atoms with E-state index in [0.717, 1.165) is 25.9 Å². The number of hydrogen-bond donors (Lipinski definition) is 0. The van der Waals surface area contributed by atoms with E-state index in [-0.39, 0.29) is 5.91 Å². The van der Waals surface area contributed by atoms with Crippen LogP contribution in [0.2, 0.25) is 0 Å². The van der Waals surface area contributed by atoms with Gasteiger partial charge >= 0.3 is 0 Å². The van der Waals surface area contributed by atoms with Crippen molar-refractivity contribution in [3.8, 4) is 6.07 Å². The zero-order valence-electron chi connectivity index (χ0n) is 12.7. The average Bonchev–Trinajstić information content (AvgIpc) is 2.73. The highest BCUT2D eigenvalue weighted by atomic mass is 16.5. The number of carbonyl (C=O) groups is 1. The van der Waals surface area contributed by atoms with E-state index in [1.165, 1.54) is 6.42 Å². The maximum Gasteiger partial charge on any atom is 0.243 e. The molecule has 0 saturated carbocycles. The van der Waals surface area contributed by atoms with Crippen molar-refractivity contribution < 1.29 is 9.53 Å². The summed E-state index contributed by atoms with van der Waals surface area (Å²) < 4.78 is 5.32. The van der Waals surface area contributed by atoms with Crippen LogP contribution in [0.5, 0.6) is 0 Å². The SMILES string of the molecule is CC(C)C1CCCN(C(=O)C2(C#N)CCOCC2)CC1. The number of nitriles is 1. The van der Waals surface area contributed by atoms with Gasteiger partial charge in [0.1, 0.15) is 5.41 Å². The molecule has 1 unspecified atom stereocenters. The van der Waals surface area contributed by atoms with Crippen molar-refractivity contribution in [3.05, 3.63) is 0 Å². The molecule has 0 radical (unpaired) electrons. The third-order valence-corrected chi connectivity index (χ3v) is 4.97. The summed E-state index contributed by atoms with van der Waals surface area (Å²) in [5.74, 6) is 1.44. The molecule has 4 nitrogen and oxygen atoms in total. The summed E-state index contributed by atoms with van der Waals surface area (Å²) in [5.41, 5.74) is -0.823. The molecule has 0 aliphatic carbocycles. The second kappa shape index (κ2) is 6.58. The van der Waals surface area contributed by atoms with Gasteiger partial charge in [0.15, 0.2) is 0 Å². The molecule has 2 aliphatic heterocycles. The predicted molar refractivity (Wildman–Crippen MR) is 76.9 cm³/mol. The number of carbonyl (C=O) groups excluding carboxylic acids is 1. The van der Waals surface area contributed by atoms with Gasteiger partial charge < -0.3 is 9.64 Å². The van der Waals surface area contributed by atoms with E-state index in [4.69, 9.17) is 4.74 Å². The van der Waals surface area contributed by atoms with Crippen LogP contribution in [-0.4, -0.2) is 37.1 Å². The van der Waals surface area contributed by atoms with E-state index in [2.05, 4.69) is 19.9 Å². The molecule has 0 bridgehead atoms. The number of rotatable bonds is 2. The highest BCUT2D eigenvalue weighted by molar-refractivity contribution is 5.85. The lowest BCUT2D eigenvalue weighted by Gasteiger charge is -2.34. The molecule has 1 atom stereocenters. The monoisotopic (exact) mass is 278 g/mol. The molecule has 2 rings (SSSR count). The maximum atomic E-state index is 12.8. The fraction of sp³-hybridized carbons (Fsp3) is 0.875. The van der Waals surface area contributed by atoms with Crippen LogP contribution in [0.4, 0.5) is 0 Å². The number of likely N-dealkylation sites (tertiary alicyclic amines) is 1. The lowest BCUT2D eigenvalue weighted by Crippen LogP contribution is -2.46. The Morgan fingerprint density at radius 3 is 2.60 bits per heavy atom. The highest BCUT2D eigenvalue weighted by Gasteiger charge is 2.43. The molecule has 20 heavy (non-hydrogen) atoms. The lowest BCUT2D eigenvalue weighted by molar-refractivity contribution is -0.143. The van der Waals surface area contributed by atoms with Gasteiger partial charge in [-0.05, 0) is 43.9 Å². The van der Waals surface area contributed by atoms with Gasteiger partial charge in [-0.3, -0.25) is 4.79 Å². The van der Waals surface area contributed by atoms with Gasteiger partial charge in [0.05, 0.1) is 6.07 Å². The molecule has 2 aliphatic rings. The quantitative estimate of drug-likeness (QED) is 0.780. The molecule has 1 amide bonds. The van der Waals surface area contributed by atoms with E-state index in [9.17, 15) is 10.1 Å². The minimum atomic E-state index is -0.823. The Bertz CT molecular complexity index is 380. The van der Waals surface area contributed by atoms with Gasteiger partial charge in [0.2, 0.25) is 5.91 Å². The Balaban J connectivity index is 2.03. The molecule has 112 valence electrons. The largest absolute Gasteiger partial charge is 0.381 e. The zero-order valence-corrected chi connectivity index (χ0v) is 12.7. The van der Waals surface area contributed by atoms with Crippen molar-refractivity contribution in [2.24, 2.45) is 17.3 Å². The first-order chi connectivity index (χ1) is 9.59. The minimum Gasteiger partial charge on any atom is -0.381 e. The van der Waals surface area contributed by atoms with Crippen molar-refractivity contribution in [3.63, 3.8) is 0 Å². The van der Waals surface area contributed by atoms with Gasteiger partial charge in [-0.15, -0.1) is 0 Å². The number of amides is 1. The summed E-state index contributed by atoms with van der Waals surface area (Å²) in [5, 5.41) is 9.50. The third kappa shape index (κ3) is 3.15. The average molecular weight is 278 g/mol. The van der Waals surface area contributed by atoms with Crippen LogP contribution in [-0.2, 0) is 9.53 Å². The number of nitrogens with zero attached hydrogens (tertiary/aromatic N) is 2. The summed E-state index contributed by atoms with van der Waals surface area (Å²) in [6, 6.07) is 2.30. The van der Waals surface area contributed by atoms with Crippen LogP contribution in [0.25, 0.3) is 0 Å². The van der Waals surface area contributed by atoms with Gasteiger partial charge in [0, 0.05) is 26.3 Å². The topological polar surface area (TPSA) is 53.3 Å². The molecule has 0 aromatic rings. The zero-order chi connectivity index (χ0) is 14.6. The van der Waals surface area contributed by atoms with Gasteiger partial charge in [-0.2, -0.15) is 5.26 Å². The summed E-state index contributed by atoms with van der Waals surface area (Å²) in [6.07, 6.45) is 4.43. The van der Waals surface area contributed by atoms with E-state index in [1.807, 2.05) is 4.90 Å². The smallest absolute Gasteiger partial charge is 0.243 e. The van der Waals surface area contributed by atoms with Crippen LogP contribution < -0.4 is 0 Å². The lowest BCUT2D eigenvalue weighted by atomic mass is 9.80. The maximum absolute atomic E-state index is 12.8. The molecule has 0 aromatic heterocycles. The first-order valence-corrected chi connectivity index (χ1v) is 7.87. The Morgan fingerprint density at radius 1 is 1.30 bits per heavy atom. The Morgan fingerprint density at radius 2 is 2.00 bits per heavy atom. The van der Waals surface area contributed by atoms with Crippen LogP contribution in [0.3, 0.4) is 0 Å². The summed E-state index contributed by atoms with van der Waals surface area (Å²) in [7, 11) is 0. The summed E-state index contributed by atoms with van der Waals surface area (Å²) in [4.78, 5) is 14.7. The molecular weight excluding hydrogens is 252 g/mol. The summed E-state index contributed by atoms with van der Waals surface area (Å²) in [6.45, 7) is 7.20. The fourth-order valence-electron chi connectivity index (χ4n) is 3.39. The van der Waals surface area contributed by atoms with Crippen molar-refractivity contribution in [1.82, 2.24) is 4.90 Å². The van der Waals surface area contributed by atoms with Crippen LogP contribution >= 0.6 is 0 Å². The van der Waals surface area contributed by atoms with Crippen LogP contribution in [0, 0.1) is 28.6 Å². The highest BCUT2D eigenvalue weighted by Crippen LogP contribution is 2.34. The van der Waals surface area contributed by atoms with Gasteiger partial charge in [0.25, 0.3) is 0 Å². The number of ether oxygens (including phenoxy) is 1. The molecule has 2 fully saturated rings. The number of hydrogen-bond acceptors (Lipinski definition) is 3. The fourth-order valence-corrected chi connectivity index (χ4v) is 3.39. The van der Waals surface area contributed by atoms with E-state index in [0.29, 0.717) is 37.9 Å². The second-order valence-corrected chi connectivity index (χ2v) is 6.53. The Kier molecular flexibility index (Phi) is 5.04. The van der Waals surface area contributed by atoms with E-state index < -0.39 is 5.41 Å². The molecule has 2 heterocycles. The van der Waals surface area contributed by atoms with Crippen LogP contribution in [0.15, 0.2) is 0 Å². The molecule has 0 aromatic carbocycles. The van der Waals surface area contributed by atoms with Gasteiger partial charge in [-0.25, -0.2) is 0 Å². The molecule has 0 N–H and O–H groups in total. The van der Waals surface area contributed by atoms with E-state index in [1.54, 1.807) is 0 Å². The van der Waals surface area contributed by atoms with Crippen molar-refractivity contribution in [1.29, 1.82) is 5.26 Å². The minimum absolute atomic E-state index is 0.0488. The molecule has 4 heteroatoms. The van der Waals surface area contributed by atoms with Crippen LogP contribution in [0.1, 0.15) is 46.0 Å². The predicted octanol–water partition coefficient (Wildman–Crippen LogP) is 2.59. The second-order valence-electron chi connectivity index (χ2n) is 6.53. The third-order valence-electron chi connectivity index (χ3n) is 4.97. The Labute approximate surface area is 122 Å². The Hall–Kier alpha value is -1.08. The van der Waals surface area contributed by atoms with Crippen molar-refractivity contribution in [2.75, 3.05) is 26.3 Å². The standard InChI is InChI=1S/C16H26N2O2/c1-13(2)14-4-3-8-18(9-5-14)15(19)16(12-17)6-10-20-11-7-16/h13-14H,3-11H2,1-2H3. The molecule has 0 spiro atoms. The van der Waals surface area contributed by atoms with Gasteiger partial charge in [-0.1, -0.05) is 13.8 Å².